The first kappa shape index (κ1) is 19.8. The minimum Gasteiger partial charge on any atom is -0.493 e. The van der Waals surface area contributed by atoms with E-state index in [1.54, 1.807) is 30.2 Å². The number of benzene rings is 1. The average Bonchev–Trinajstić information content (AvgIpc) is 3.35. The molecule has 0 saturated carbocycles. The molecular formula is C20H24N4O3S. The van der Waals surface area contributed by atoms with Gasteiger partial charge >= 0.3 is 6.03 Å². The Balaban J connectivity index is 1.43. The molecule has 0 spiro atoms. The second kappa shape index (κ2) is 9.27. The smallest absolute Gasteiger partial charge is 0.315 e. The van der Waals surface area contributed by atoms with Crippen molar-refractivity contribution in [1.82, 2.24) is 20.4 Å². The average molecular weight is 401 g/mol. The molecule has 0 atom stereocenters. The van der Waals surface area contributed by atoms with Crippen LogP contribution in [-0.2, 0) is 20.0 Å². The summed E-state index contributed by atoms with van der Waals surface area (Å²) in [7, 11) is 5.09. The van der Waals surface area contributed by atoms with Crippen LogP contribution in [0.1, 0.15) is 10.4 Å². The first-order chi connectivity index (χ1) is 13.6. The fourth-order valence-electron chi connectivity index (χ4n) is 2.75. The second-order valence-electron chi connectivity index (χ2n) is 6.22. The SMILES string of the molecule is COc1ccc(CNC(=O)NCCc2ccc(-c3cnn(C)c3)s2)cc1OC. The predicted molar refractivity (Wildman–Crippen MR) is 110 cm³/mol. The number of aromatic nitrogens is 2. The lowest BCUT2D eigenvalue weighted by Gasteiger charge is -2.11. The largest absolute Gasteiger partial charge is 0.493 e. The van der Waals surface area contributed by atoms with Gasteiger partial charge in [0.25, 0.3) is 0 Å². The van der Waals surface area contributed by atoms with Crippen molar-refractivity contribution in [3.05, 3.63) is 53.2 Å². The summed E-state index contributed by atoms with van der Waals surface area (Å²) < 4.78 is 12.3. The molecule has 28 heavy (non-hydrogen) atoms. The third-order valence-electron chi connectivity index (χ3n) is 4.21. The lowest BCUT2D eigenvalue weighted by atomic mass is 10.2. The van der Waals surface area contributed by atoms with Crippen LogP contribution < -0.4 is 20.1 Å². The minimum atomic E-state index is -0.196. The van der Waals surface area contributed by atoms with Crippen molar-refractivity contribution in [1.29, 1.82) is 0 Å². The topological polar surface area (TPSA) is 77.4 Å². The number of hydrogen-bond acceptors (Lipinski definition) is 5. The van der Waals surface area contributed by atoms with Gasteiger partial charge in [0, 0.05) is 41.7 Å². The summed E-state index contributed by atoms with van der Waals surface area (Å²) >= 11 is 1.72. The van der Waals surface area contributed by atoms with Gasteiger partial charge in [0.1, 0.15) is 0 Å². The molecule has 7 nitrogen and oxygen atoms in total. The van der Waals surface area contributed by atoms with E-state index in [4.69, 9.17) is 9.47 Å². The molecule has 8 heteroatoms. The Morgan fingerprint density at radius 2 is 1.96 bits per heavy atom. The van der Waals surface area contributed by atoms with Gasteiger partial charge in [-0.05, 0) is 36.2 Å². The van der Waals surface area contributed by atoms with Crippen molar-refractivity contribution < 1.29 is 14.3 Å². The van der Waals surface area contributed by atoms with E-state index in [1.165, 1.54) is 9.75 Å². The Morgan fingerprint density at radius 3 is 2.68 bits per heavy atom. The number of nitrogens with one attached hydrogen (secondary N) is 2. The third-order valence-corrected chi connectivity index (χ3v) is 5.40. The quantitative estimate of drug-likeness (QED) is 0.609. The third kappa shape index (κ3) is 5.04. The normalized spacial score (nSPS) is 10.5. The summed E-state index contributed by atoms with van der Waals surface area (Å²) in [6.07, 6.45) is 4.64. The maximum absolute atomic E-state index is 12.0. The number of carbonyl (C=O) groups excluding carboxylic acids is 1. The molecule has 0 fully saturated rings. The van der Waals surface area contributed by atoms with Crippen molar-refractivity contribution >= 4 is 17.4 Å². The molecule has 3 rings (SSSR count). The molecule has 0 radical (unpaired) electrons. The maximum Gasteiger partial charge on any atom is 0.315 e. The van der Waals surface area contributed by atoms with Crippen molar-refractivity contribution in [2.75, 3.05) is 20.8 Å². The number of hydrogen-bond donors (Lipinski definition) is 2. The van der Waals surface area contributed by atoms with Crippen LogP contribution in [0.25, 0.3) is 10.4 Å². The van der Waals surface area contributed by atoms with Gasteiger partial charge < -0.3 is 20.1 Å². The number of rotatable bonds is 8. The second-order valence-corrected chi connectivity index (χ2v) is 7.39. The molecule has 0 saturated heterocycles. The molecule has 1 aromatic carbocycles. The fraction of sp³-hybridized carbons (Fsp3) is 0.300. The highest BCUT2D eigenvalue weighted by atomic mass is 32.1. The zero-order chi connectivity index (χ0) is 19.9. The Bertz CT molecular complexity index is 935. The minimum absolute atomic E-state index is 0.196. The Kier molecular flexibility index (Phi) is 6.54. The number of thiophene rings is 1. The van der Waals surface area contributed by atoms with Gasteiger partial charge in [-0.1, -0.05) is 6.07 Å². The predicted octanol–water partition coefficient (Wildman–Crippen LogP) is 3.21. The van der Waals surface area contributed by atoms with Crippen molar-refractivity contribution in [3.63, 3.8) is 0 Å². The van der Waals surface area contributed by atoms with Crippen LogP contribution in [0.15, 0.2) is 42.7 Å². The van der Waals surface area contributed by atoms with Crippen LogP contribution >= 0.6 is 11.3 Å². The maximum atomic E-state index is 12.0. The molecule has 0 unspecified atom stereocenters. The first-order valence-corrected chi connectivity index (χ1v) is 9.71. The molecule has 2 aromatic heterocycles. The monoisotopic (exact) mass is 400 g/mol. The van der Waals surface area contributed by atoms with E-state index in [0.717, 1.165) is 17.5 Å². The summed E-state index contributed by atoms with van der Waals surface area (Å²) in [5.74, 6) is 1.31. The lowest BCUT2D eigenvalue weighted by molar-refractivity contribution is 0.240. The molecule has 0 bridgehead atoms. The Hall–Kier alpha value is -3.00. The highest BCUT2D eigenvalue weighted by Crippen LogP contribution is 2.28. The van der Waals surface area contributed by atoms with E-state index in [2.05, 4.69) is 27.9 Å². The molecular weight excluding hydrogens is 376 g/mol. The summed E-state index contributed by atoms with van der Waals surface area (Å²) in [5, 5.41) is 9.94. The summed E-state index contributed by atoms with van der Waals surface area (Å²) in [6, 6.07) is 9.56. The van der Waals surface area contributed by atoms with E-state index in [9.17, 15) is 4.79 Å². The highest BCUT2D eigenvalue weighted by molar-refractivity contribution is 7.15. The summed E-state index contributed by atoms with van der Waals surface area (Å²) in [4.78, 5) is 14.4. The number of amides is 2. The van der Waals surface area contributed by atoms with Gasteiger partial charge in [-0.2, -0.15) is 5.10 Å². The number of aryl methyl sites for hydroxylation is 1. The fourth-order valence-corrected chi connectivity index (χ4v) is 3.73. The molecule has 2 heterocycles. The Morgan fingerprint density at radius 1 is 1.14 bits per heavy atom. The zero-order valence-corrected chi connectivity index (χ0v) is 17.0. The molecule has 3 aromatic rings. The molecule has 2 N–H and O–H groups in total. The van der Waals surface area contributed by atoms with Crippen LogP contribution in [0.2, 0.25) is 0 Å². The van der Waals surface area contributed by atoms with Gasteiger partial charge in [0.05, 0.1) is 20.4 Å². The number of ether oxygens (including phenoxy) is 2. The number of carbonyl (C=O) groups is 1. The van der Waals surface area contributed by atoms with E-state index in [-0.39, 0.29) is 6.03 Å². The van der Waals surface area contributed by atoms with E-state index in [0.29, 0.717) is 24.6 Å². The van der Waals surface area contributed by atoms with Crippen molar-refractivity contribution in [3.8, 4) is 21.9 Å². The van der Waals surface area contributed by atoms with Gasteiger partial charge in [-0.3, -0.25) is 4.68 Å². The van der Waals surface area contributed by atoms with Crippen molar-refractivity contribution in [2.45, 2.75) is 13.0 Å². The van der Waals surface area contributed by atoms with Crippen LogP contribution in [0.3, 0.4) is 0 Å². The standard InChI is InChI=1S/C20H24N4O3S/c1-24-13-15(12-23-24)19-7-5-16(28-19)8-9-21-20(25)22-11-14-4-6-17(26-2)18(10-14)27-3/h4-7,10,12-13H,8-9,11H2,1-3H3,(H2,21,22,25). The van der Waals surface area contributed by atoms with Gasteiger partial charge in [0.2, 0.25) is 0 Å². The number of methoxy groups -OCH3 is 2. The van der Waals surface area contributed by atoms with Crippen LogP contribution in [0.5, 0.6) is 11.5 Å². The Labute approximate surface area is 168 Å². The summed E-state index contributed by atoms with van der Waals surface area (Å²) in [6.45, 7) is 0.987. The molecule has 0 aliphatic rings. The molecule has 148 valence electrons. The molecule has 2 amide bonds. The van der Waals surface area contributed by atoms with Gasteiger partial charge in [-0.25, -0.2) is 4.79 Å². The molecule has 0 aliphatic carbocycles. The zero-order valence-electron chi connectivity index (χ0n) is 16.2. The summed E-state index contributed by atoms with van der Waals surface area (Å²) in [5.41, 5.74) is 2.05. The number of nitrogens with zero attached hydrogens (tertiary/aromatic N) is 2. The van der Waals surface area contributed by atoms with E-state index < -0.39 is 0 Å². The van der Waals surface area contributed by atoms with Crippen LogP contribution in [-0.4, -0.2) is 36.6 Å². The lowest BCUT2D eigenvalue weighted by Crippen LogP contribution is -2.36. The first-order valence-electron chi connectivity index (χ1n) is 8.89. The highest BCUT2D eigenvalue weighted by Gasteiger charge is 2.07. The molecule has 0 aliphatic heterocycles. The van der Waals surface area contributed by atoms with E-state index >= 15 is 0 Å². The van der Waals surface area contributed by atoms with Gasteiger partial charge in [-0.15, -0.1) is 11.3 Å². The van der Waals surface area contributed by atoms with Crippen LogP contribution in [0, 0.1) is 0 Å². The van der Waals surface area contributed by atoms with Crippen molar-refractivity contribution in [2.24, 2.45) is 7.05 Å². The van der Waals surface area contributed by atoms with Gasteiger partial charge in [0.15, 0.2) is 11.5 Å². The van der Waals surface area contributed by atoms with Crippen LogP contribution in [0.4, 0.5) is 4.79 Å². The number of urea groups is 1. The van der Waals surface area contributed by atoms with E-state index in [1.807, 2.05) is 37.6 Å².